The number of nitrogens with zero attached hydrogens (tertiary/aromatic N) is 1. The molecular weight excluding hydrogens is 230 g/mol. The molecule has 0 radical (unpaired) electrons. The minimum Gasteiger partial charge on any atom is -0.325 e. The number of amides is 2. The standard InChI is InChI=1S/C13H15N3O2/c1-8-6-11(15-10(3)17)12(7-9(8)2)16-13(18)4-5-14/h6-7H,4H2,1-3H3,(H,15,17)(H,16,18). The van der Waals surface area contributed by atoms with Gasteiger partial charge in [0.1, 0.15) is 6.42 Å². The van der Waals surface area contributed by atoms with Gasteiger partial charge in [-0.3, -0.25) is 9.59 Å². The predicted molar refractivity (Wildman–Crippen MR) is 69.1 cm³/mol. The molecule has 0 unspecified atom stereocenters. The Bertz CT molecular complexity index is 530. The molecule has 0 atom stereocenters. The van der Waals surface area contributed by atoms with Gasteiger partial charge in [-0.05, 0) is 37.1 Å². The van der Waals surface area contributed by atoms with Crippen molar-refractivity contribution in [3.63, 3.8) is 0 Å². The number of carbonyl (C=O) groups is 2. The molecule has 1 aromatic carbocycles. The average molecular weight is 245 g/mol. The molecule has 5 heteroatoms. The molecule has 1 rings (SSSR count). The summed E-state index contributed by atoms with van der Waals surface area (Å²) in [5.74, 6) is -0.610. The van der Waals surface area contributed by atoms with E-state index >= 15 is 0 Å². The van der Waals surface area contributed by atoms with E-state index in [1.807, 2.05) is 13.8 Å². The van der Waals surface area contributed by atoms with Gasteiger partial charge in [-0.1, -0.05) is 0 Å². The summed E-state index contributed by atoms with van der Waals surface area (Å²) in [4.78, 5) is 22.5. The van der Waals surface area contributed by atoms with Crippen LogP contribution < -0.4 is 10.6 Å². The maximum Gasteiger partial charge on any atom is 0.238 e. The summed E-state index contributed by atoms with van der Waals surface area (Å²) >= 11 is 0. The second-order valence-electron chi connectivity index (χ2n) is 4.05. The van der Waals surface area contributed by atoms with Crippen LogP contribution >= 0.6 is 0 Å². The van der Waals surface area contributed by atoms with Gasteiger partial charge in [-0.2, -0.15) is 5.26 Å². The van der Waals surface area contributed by atoms with Gasteiger partial charge in [0, 0.05) is 6.92 Å². The van der Waals surface area contributed by atoms with E-state index in [-0.39, 0.29) is 12.3 Å². The number of nitrogens with one attached hydrogen (secondary N) is 2. The lowest BCUT2D eigenvalue weighted by Gasteiger charge is -2.13. The van der Waals surface area contributed by atoms with E-state index < -0.39 is 5.91 Å². The first-order chi connectivity index (χ1) is 8.43. The third-order valence-corrected chi connectivity index (χ3v) is 2.46. The first kappa shape index (κ1) is 13.7. The summed E-state index contributed by atoms with van der Waals surface area (Å²) in [7, 11) is 0. The van der Waals surface area contributed by atoms with Crippen LogP contribution in [0.4, 0.5) is 11.4 Å². The summed E-state index contributed by atoms with van der Waals surface area (Å²) in [5, 5.41) is 13.7. The number of aryl methyl sites for hydroxylation is 2. The maximum atomic E-state index is 11.4. The second-order valence-corrected chi connectivity index (χ2v) is 4.05. The summed E-state index contributed by atoms with van der Waals surface area (Å²) in [6.45, 7) is 5.23. The molecular formula is C13H15N3O2. The Morgan fingerprint density at radius 1 is 1.17 bits per heavy atom. The highest BCUT2D eigenvalue weighted by Gasteiger charge is 2.09. The number of anilines is 2. The van der Waals surface area contributed by atoms with Crippen LogP contribution in [0.25, 0.3) is 0 Å². The summed E-state index contributed by atoms with van der Waals surface area (Å²) in [5.41, 5.74) is 3.05. The van der Waals surface area contributed by atoms with Gasteiger partial charge < -0.3 is 10.6 Å². The van der Waals surface area contributed by atoms with Crippen molar-refractivity contribution in [2.75, 3.05) is 10.6 Å². The first-order valence-corrected chi connectivity index (χ1v) is 5.49. The van der Waals surface area contributed by atoms with Crippen molar-refractivity contribution in [3.05, 3.63) is 23.3 Å². The van der Waals surface area contributed by atoms with Crippen LogP contribution in [0.1, 0.15) is 24.5 Å². The topological polar surface area (TPSA) is 82.0 Å². The lowest BCUT2D eigenvalue weighted by atomic mass is 10.1. The Morgan fingerprint density at radius 2 is 1.67 bits per heavy atom. The SMILES string of the molecule is CC(=O)Nc1cc(C)c(C)cc1NC(=O)CC#N. The largest absolute Gasteiger partial charge is 0.325 e. The van der Waals surface area contributed by atoms with Crippen molar-refractivity contribution in [1.82, 2.24) is 0 Å². The van der Waals surface area contributed by atoms with Crippen molar-refractivity contribution in [2.45, 2.75) is 27.2 Å². The molecule has 94 valence electrons. The zero-order valence-corrected chi connectivity index (χ0v) is 10.6. The van der Waals surface area contributed by atoms with Crippen LogP contribution in [-0.4, -0.2) is 11.8 Å². The Morgan fingerprint density at radius 3 is 2.11 bits per heavy atom. The molecule has 0 fully saturated rings. The Balaban J connectivity index is 3.07. The van der Waals surface area contributed by atoms with Crippen molar-refractivity contribution >= 4 is 23.2 Å². The van der Waals surface area contributed by atoms with E-state index in [9.17, 15) is 9.59 Å². The van der Waals surface area contributed by atoms with Gasteiger partial charge in [-0.25, -0.2) is 0 Å². The minimum atomic E-state index is -0.396. The van der Waals surface area contributed by atoms with Crippen LogP contribution in [0.3, 0.4) is 0 Å². The molecule has 0 aromatic heterocycles. The molecule has 0 heterocycles. The molecule has 1 aromatic rings. The summed E-state index contributed by atoms with van der Waals surface area (Å²) < 4.78 is 0. The molecule has 0 aliphatic carbocycles. The number of benzene rings is 1. The predicted octanol–water partition coefficient (Wildman–Crippen LogP) is 2.11. The van der Waals surface area contributed by atoms with Crippen LogP contribution in [0.15, 0.2) is 12.1 Å². The van der Waals surface area contributed by atoms with E-state index in [1.54, 1.807) is 18.2 Å². The summed E-state index contributed by atoms with van der Waals surface area (Å²) in [6, 6.07) is 5.34. The zero-order valence-electron chi connectivity index (χ0n) is 10.6. The van der Waals surface area contributed by atoms with Gasteiger partial charge in [0.2, 0.25) is 11.8 Å². The van der Waals surface area contributed by atoms with Crippen molar-refractivity contribution in [3.8, 4) is 6.07 Å². The fourth-order valence-corrected chi connectivity index (χ4v) is 1.48. The molecule has 2 amide bonds. The summed E-state index contributed by atoms with van der Waals surface area (Å²) in [6.07, 6.45) is -0.216. The molecule has 5 nitrogen and oxygen atoms in total. The third kappa shape index (κ3) is 3.59. The minimum absolute atomic E-state index is 0.214. The third-order valence-electron chi connectivity index (χ3n) is 2.46. The Labute approximate surface area is 106 Å². The van der Waals surface area contributed by atoms with Gasteiger partial charge in [0.05, 0.1) is 17.4 Å². The molecule has 0 saturated heterocycles. The Hall–Kier alpha value is -2.35. The number of hydrogen-bond donors (Lipinski definition) is 2. The van der Waals surface area contributed by atoms with E-state index in [0.29, 0.717) is 11.4 Å². The number of nitriles is 1. The lowest BCUT2D eigenvalue weighted by Crippen LogP contribution is -2.14. The highest BCUT2D eigenvalue weighted by atomic mass is 16.2. The highest BCUT2D eigenvalue weighted by Crippen LogP contribution is 2.26. The quantitative estimate of drug-likeness (QED) is 0.855. The molecule has 0 bridgehead atoms. The van der Waals surface area contributed by atoms with Gasteiger partial charge >= 0.3 is 0 Å². The molecule has 0 aliphatic heterocycles. The number of rotatable bonds is 3. The maximum absolute atomic E-state index is 11.4. The van der Waals surface area contributed by atoms with Crippen LogP contribution in [0.5, 0.6) is 0 Å². The molecule has 2 N–H and O–H groups in total. The smallest absolute Gasteiger partial charge is 0.238 e. The van der Waals surface area contributed by atoms with Gasteiger partial charge in [-0.15, -0.1) is 0 Å². The fraction of sp³-hybridized carbons (Fsp3) is 0.308. The van der Waals surface area contributed by atoms with E-state index in [0.717, 1.165) is 11.1 Å². The fourth-order valence-electron chi connectivity index (χ4n) is 1.48. The zero-order chi connectivity index (χ0) is 13.7. The molecule has 0 saturated carbocycles. The van der Waals surface area contributed by atoms with E-state index in [1.165, 1.54) is 6.92 Å². The monoisotopic (exact) mass is 245 g/mol. The van der Waals surface area contributed by atoms with Crippen LogP contribution in [0.2, 0.25) is 0 Å². The molecule has 0 spiro atoms. The molecule has 18 heavy (non-hydrogen) atoms. The van der Waals surface area contributed by atoms with Crippen LogP contribution in [0, 0.1) is 25.2 Å². The van der Waals surface area contributed by atoms with Crippen LogP contribution in [-0.2, 0) is 9.59 Å². The van der Waals surface area contributed by atoms with Crippen molar-refractivity contribution in [2.24, 2.45) is 0 Å². The van der Waals surface area contributed by atoms with Gasteiger partial charge in [0.15, 0.2) is 0 Å². The van der Waals surface area contributed by atoms with Crippen molar-refractivity contribution < 1.29 is 9.59 Å². The second kappa shape index (κ2) is 5.82. The first-order valence-electron chi connectivity index (χ1n) is 5.49. The highest BCUT2D eigenvalue weighted by molar-refractivity contribution is 5.99. The van der Waals surface area contributed by atoms with E-state index in [4.69, 9.17) is 5.26 Å². The van der Waals surface area contributed by atoms with E-state index in [2.05, 4.69) is 10.6 Å². The van der Waals surface area contributed by atoms with Crippen molar-refractivity contribution in [1.29, 1.82) is 5.26 Å². The molecule has 0 aliphatic rings. The number of carbonyl (C=O) groups excluding carboxylic acids is 2. The normalized spacial score (nSPS) is 9.44. The Kier molecular flexibility index (Phi) is 4.44. The van der Waals surface area contributed by atoms with Gasteiger partial charge in [0.25, 0.3) is 0 Å². The average Bonchev–Trinajstić information content (AvgIpc) is 2.25. The number of hydrogen-bond acceptors (Lipinski definition) is 3. The lowest BCUT2D eigenvalue weighted by molar-refractivity contribution is -0.115.